The number of ether oxygens (including phenoxy) is 2. The number of hydrogen-bond donors (Lipinski definition) is 2. The summed E-state index contributed by atoms with van der Waals surface area (Å²) in [5, 5.41) is 4.10. The summed E-state index contributed by atoms with van der Waals surface area (Å²) in [7, 11) is 0. The number of benzene rings is 2. The third-order valence-corrected chi connectivity index (χ3v) is 3.78. The van der Waals surface area contributed by atoms with Gasteiger partial charge < -0.3 is 20.1 Å². The number of hydrogen-bond acceptors (Lipinski definition) is 4. The molecule has 29 heavy (non-hydrogen) atoms. The maximum absolute atomic E-state index is 13.1. The van der Waals surface area contributed by atoms with E-state index in [-0.39, 0.29) is 10.7 Å². The minimum atomic E-state index is -4.76. The van der Waals surface area contributed by atoms with Crippen LogP contribution in [0.2, 0.25) is 5.02 Å². The van der Waals surface area contributed by atoms with Gasteiger partial charge in [0.1, 0.15) is 0 Å². The molecule has 10 heteroatoms. The van der Waals surface area contributed by atoms with E-state index in [9.17, 15) is 22.8 Å². The first-order valence-corrected chi connectivity index (χ1v) is 8.92. The third-order valence-electron chi connectivity index (χ3n) is 3.54. The second kappa shape index (κ2) is 9.51. The van der Waals surface area contributed by atoms with Crippen molar-refractivity contribution in [3.8, 4) is 11.5 Å². The van der Waals surface area contributed by atoms with Gasteiger partial charge in [0.05, 0.1) is 24.5 Å². The maximum atomic E-state index is 13.1. The predicted octanol–water partition coefficient (Wildman–Crippen LogP) is 4.73. The molecule has 0 fully saturated rings. The molecular weight excluding hydrogens is 413 g/mol. The minimum absolute atomic E-state index is 0.155. The minimum Gasteiger partial charge on any atom is -0.490 e. The van der Waals surface area contributed by atoms with Gasteiger partial charge in [-0.15, -0.1) is 0 Å². The van der Waals surface area contributed by atoms with E-state index in [0.717, 1.165) is 6.07 Å². The summed E-state index contributed by atoms with van der Waals surface area (Å²) in [6.07, 6.45) is -4.76. The van der Waals surface area contributed by atoms with E-state index >= 15 is 0 Å². The number of carbonyl (C=O) groups is 2. The lowest BCUT2D eigenvalue weighted by Gasteiger charge is -2.15. The van der Waals surface area contributed by atoms with E-state index in [0.29, 0.717) is 30.8 Å². The van der Waals surface area contributed by atoms with Crippen molar-refractivity contribution in [3.63, 3.8) is 0 Å². The topological polar surface area (TPSA) is 76.7 Å². The van der Waals surface area contributed by atoms with Crippen molar-refractivity contribution in [2.24, 2.45) is 0 Å². The van der Waals surface area contributed by atoms with Crippen molar-refractivity contribution >= 4 is 34.8 Å². The summed E-state index contributed by atoms with van der Waals surface area (Å²) in [6, 6.07) is 7.27. The van der Waals surface area contributed by atoms with E-state index in [1.807, 2.05) is 5.32 Å². The Bertz CT molecular complexity index is 904. The number of carbonyl (C=O) groups excluding carboxylic acids is 2. The van der Waals surface area contributed by atoms with Gasteiger partial charge in [0, 0.05) is 16.8 Å². The number of anilines is 2. The van der Waals surface area contributed by atoms with Gasteiger partial charge >= 0.3 is 18.0 Å². The lowest BCUT2D eigenvalue weighted by molar-refractivity contribution is -0.137. The zero-order valence-corrected chi connectivity index (χ0v) is 16.3. The van der Waals surface area contributed by atoms with Crippen LogP contribution >= 0.6 is 11.6 Å². The van der Waals surface area contributed by atoms with Crippen LogP contribution in [0.5, 0.6) is 11.5 Å². The number of nitrogens with one attached hydrogen (secondary N) is 2. The third kappa shape index (κ3) is 6.02. The second-order valence-electron chi connectivity index (χ2n) is 5.62. The van der Waals surface area contributed by atoms with Gasteiger partial charge in [0.15, 0.2) is 11.5 Å². The van der Waals surface area contributed by atoms with Gasteiger partial charge in [-0.25, -0.2) is 0 Å². The molecule has 0 unspecified atom stereocenters. The van der Waals surface area contributed by atoms with Gasteiger partial charge in [-0.2, -0.15) is 13.2 Å². The molecule has 0 aliphatic rings. The average molecular weight is 431 g/mol. The summed E-state index contributed by atoms with van der Waals surface area (Å²) < 4.78 is 50.1. The zero-order chi connectivity index (χ0) is 21.6. The molecule has 0 aliphatic heterocycles. The Labute approximate surface area is 169 Å². The molecule has 0 spiro atoms. The Hall–Kier alpha value is -2.94. The van der Waals surface area contributed by atoms with Crippen LogP contribution in [-0.4, -0.2) is 25.0 Å². The van der Waals surface area contributed by atoms with Crippen molar-refractivity contribution in [1.29, 1.82) is 0 Å². The van der Waals surface area contributed by atoms with Gasteiger partial charge in [-0.1, -0.05) is 11.6 Å². The Morgan fingerprint density at radius 2 is 1.55 bits per heavy atom. The molecule has 0 radical (unpaired) electrons. The van der Waals surface area contributed by atoms with Crippen LogP contribution in [0, 0.1) is 0 Å². The highest BCUT2D eigenvalue weighted by Gasteiger charge is 2.34. The van der Waals surface area contributed by atoms with Gasteiger partial charge in [-0.3, -0.25) is 9.59 Å². The smallest absolute Gasteiger partial charge is 0.418 e. The van der Waals surface area contributed by atoms with Crippen molar-refractivity contribution in [2.45, 2.75) is 20.0 Å². The van der Waals surface area contributed by atoms with Crippen molar-refractivity contribution < 1.29 is 32.2 Å². The van der Waals surface area contributed by atoms with Gasteiger partial charge in [0.2, 0.25) is 0 Å². The fourth-order valence-electron chi connectivity index (χ4n) is 2.36. The Kier molecular flexibility index (Phi) is 7.33. The van der Waals surface area contributed by atoms with Crippen LogP contribution in [0.1, 0.15) is 19.4 Å². The molecule has 156 valence electrons. The molecule has 0 bridgehead atoms. The SMILES string of the molecule is CCOc1ccc(NC(=O)C(=O)Nc2ccc(Cl)cc2C(F)(F)F)cc1OCC. The molecule has 0 aromatic heterocycles. The highest BCUT2D eigenvalue weighted by atomic mass is 35.5. The highest BCUT2D eigenvalue weighted by molar-refractivity contribution is 6.43. The molecule has 2 amide bonds. The van der Waals surface area contributed by atoms with Crippen LogP contribution in [0.15, 0.2) is 36.4 Å². The number of halogens is 4. The molecule has 0 atom stereocenters. The van der Waals surface area contributed by atoms with E-state index in [1.54, 1.807) is 19.9 Å². The monoisotopic (exact) mass is 430 g/mol. The normalized spacial score (nSPS) is 11.0. The van der Waals surface area contributed by atoms with Gasteiger partial charge in [-0.05, 0) is 44.2 Å². The summed E-state index contributed by atoms with van der Waals surface area (Å²) in [4.78, 5) is 24.2. The molecule has 2 N–H and O–H groups in total. The summed E-state index contributed by atoms with van der Waals surface area (Å²) >= 11 is 5.59. The molecule has 6 nitrogen and oxygen atoms in total. The summed E-state index contributed by atoms with van der Waals surface area (Å²) in [5.74, 6) is -1.62. The molecule has 2 aromatic carbocycles. The largest absolute Gasteiger partial charge is 0.490 e. The standard InChI is InChI=1S/C19H18ClF3N2O4/c1-3-28-15-8-6-12(10-16(15)29-4-2)24-17(26)18(27)25-14-7-5-11(20)9-13(14)19(21,22)23/h5-10H,3-4H2,1-2H3,(H,24,26)(H,25,27). The molecule has 2 aromatic rings. The van der Waals surface area contributed by atoms with Crippen LogP contribution in [0.4, 0.5) is 24.5 Å². The maximum Gasteiger partial charge on any atom is 0.418 e. The van der Waals surface area contributed by atoms with Crippen molar-refractivity contribution in [3.05, 3.63) is 47.0 Å². The number of alkyl halides is 3. The average Bonchev–Trinajstić information content (AvgIpc) is 2.64. The predicted molar refractivity (Wildman–Crippen MR) is 102 cm³/mol. The van der Waals surface area contributed by atoms with E-state index < -0.39 is 29.2 Å². The quantitative estimate of drug-likeness (QED) is 0.649. The van der Waals surface area contributed by atoms with E-state index in [1.165, 1.54) is 18.2 Å². The summed E-state index contributed by atoms with van der Waals surface area (Å²) in [6.45, 7) is 4.30. The van der Waals surface area contributed by atoms with Crippen molar-refractivity contribution in [2.75, 3.05) is 23.8 Å². The van der Waals surface area contributed by atoms with Crippen LogP contribution in [0.25, 0.3) is 0 Å². The first-order chi connectivity index (χ1) is 13.7. The molecular formula is C19H18ClF3N2O4. The Morgan fingerprint density at radius 3 is 2.17 bits per heavy atom. The summed E-state index contributed by atoms with van der Waals surface area (Å²) in [5.41, 5.74) is -1.53. The fraction of sp³-hybridized carbons (Fsp3) is 0.263. The molecule has 0 heterocycles. The van der Waals surface area contributed by atoms with Crippen molar-refractivity contribution in [1.82, 2.24) is 0 Å². The lowest BCUT2D eigenvalue weighted by atomic mass is 10.1. The molecule has 0 aliphatic carbocycles. The van der Waals surface area contributed by atoms with Gasteiger partial charge in [0.25, 0.3) is 0 Å². The Morgan fingerprint density at radius 1 is 0.931 bits per heavy atom. The molecule has 2 rings (SSSR count). The first-order valence-electron chi connectivity index (χ1n) is 8.54. The number of amides is 2. The zero-order valence-electron chi connectivity index (χ0n) is 15.5. The highest BCUT2D eigenvalue weighted by Crippen LogP contribution is 2.36. The van der Waals surface area contributed by atoms with E-state index in [2.05, 4.69) is 5.32 Å². The second-order valence-corrected chi connectivity index (χ2v) is 6.06. The molecule has 0 saturated heterocycles. The number of rotatable bonds is 6. The lowest BCUT2D eigenvalue weighted by Crippen LogP contribution is -2.30. The van der Waals surface area contributed by atoms with E-state index in [4.69, 9.17) is 21.1 Å². The molecule has 0 saturated carbocycles. The van der Waals surface area contributed by atoms with Crippen LogP contribution in [0.3, 0.4) is 0 Å². The van der Waals surface area contributed by atoms with Crippen LogP contribution < -0.4 is 20.1 Å². The first kappa shape index (κ1) is 22.4. The fourth-order valence-corrected chi connectivity index (χ4v) is 2.53. The van der Waals surface area contributed by atoms with Crippen LogP contribution in [-0.2, 0) is 15.8 Å². The Balaban J connectivity index is 2.16.